The smallest absolute Gasteiger partial charge is 0.167 e. The number of hydrogen-bond donors (Lipinski definition) is 1. The minimum absolute atomic E-state index is 0.0294. The van der Waals surface area contributed by atoms with Gasteiger partial charge in [0.15, 0.2) is 5.78 Å². The van der Waals surface area contributed by atoms with Crippen LogP contribution in [0.4, 0.5) is 0 Å². The average Bonchev–Trinajstić information content (AvgIpc) is 2.21. The number of hydrogen-bond acceptors (Lipinski definition) is 4. The van der Waals surface area contributed by atoms with Crippen LogP contribution in [0.1, 0.15) is 40.0 Å². The fourth-order valence-electron chi connectivity index (χ4n) is 2.73. The third-order valence-electron chi connectivity index (χ3n) is 3.52. The van der Waals surface area contributed by atoms with Crippen LogP contribution < -0.4 is 0 Å². The van der Waals surface area contributed by atoms with Gasteiger partial charge in [-0.25, -0.2) is 0 Å². The Morgan fingerprint density at radius 3 is 2.65 bits per heavy atom. The molecule has 0 bridgehead atoms. The van der Waals surface area contributed by atoms with Crippen LogP contribution in [0.3, 0.4) is 0 Å². The maximum atomic E-state index is 12.0. The van der Waals surface area contributed by atoms with Crippen LogP contribution in [0, 0.1) is 11.3 Å². The Kier molecular flexibility index (Phi) is 4.69. The van der Waals surface area contributed by atoms with Gasteiger partial charge < -0.3 is 14.6 Å². The number of rotatable bonds is 4. The number of carbonyl (C=O) groups excluding carboxylic acids is 1. The molecule has 0 unspecified atom stereocenters. The van der Waals surface area contributed by atoms with Gasteiger partial charge in [-0.1, -0.05) is 20.8 Å². The van der Waals surface area contributed by atoms with E-state index in [-0.39, 0.29) is 30.5 Å². The molecule has 0 amide bonds. The number of carbonyl (C=O) groups is 1. The molecule has 17 heavy (non-hydrogen) atoms. The topological polar surface area (TPSA) is 55.8 Å². The molecule has 1 N–H and O–H groups in total. The SMILES string of the molecule is COCOC[C@@]1(O)C(=O)CCC[C@H]1C(C)(C)C. The number of methoxy groups -OCH3 is 1. The lowest BCUT2D eigenvalue weighted by Crippen LogP contribution is -2.56. The summed E-state index contributed by atoms with van der Waals surface area (Å²) in [5.74, 6) is -0.159. The van der Waals surface area contributed by atoms with Crippen molar-refractivity contribution in [3.63, 3.8) is 0 Å². The van der Waals surface area contributed by atoms with Crippen molar-refractivity contribution in [2.24, 2.45) is 11.3 Å². The maximum absolute atomic E-state index is 12.0. The van der Waals surface area contributed by atoms with E-state index in [0.29, 0.717) is 6.42 Å². The van der Waals surface area contributed by atoms with Crippen LogP contribution in [0.2, 0.25) is 0 Å². The normalized spacial score (nSPS) is 30.6. The van der Waals surface area contributed by atoms with E-state index in [1.165, 1.54) is 7.11 Å². The number of Topliss-reactive ketones (excluding diaryl/α,β-unsaturated/α-hetero) is 1. The molecule has 0 heterocycles. The monoisotopic (exact) mass is 244 g/mol. The van der Waals surface area contributed by atoms with Gasteiger partial charge in [0.1, 0.15) is 12.4 Å². The predicted molar refractivity (Wildman–Crippen MR) is 64.6 cm³/mol. The predicted octanol–water partition coefficient (Wildman–Crippen LogP) is 1.75. The number of ether oxygens (including phenoxy) is 2. The minimum Gasteiger partial charge on any atom is -0.379 e. The molecule has 1 aliphatic rings. The fraction of sp³-hybridized carbons (Fsp3) is 0.923. The van der Waals surface area contributed by atoms with Crippen molar-refractivity contribution >= 4 is 5.78 Å². The van der Waals surface area contributed by atoms with Crippen molar-refractivity contribution in [3.8, 4) is 0 Å². The molecule has 0 aromatic rings. The van der Waals surface area contributed by atoms with Crippen molar-refractivity contribution in [2.75, 3.05) is 20.5 Å². The van der Waals surface area contributed by atoms with Crippen molar-refractivity contribution in [2.45, 2.75) is 45.6 Å². The highest BCUT2D eigenvalue weighted by molar-refractivity contribution is 5.88. The first-order valence-corrected chi connectivity index (χ1v) is 6.14. The van der Waals surface area contributed by atoms with Crippen LogP contribution in [0.15, 0.2) is 0 Å². The number of aliphatic hydroxyl groups is 1. The van der Waals surface area contributed by atoms with Gasteiger partial charge in [-0.05, 0) is 18.3 Å². The van der Waals surface area contributed by atoms with E-state index in [1.807, 2.05) is 0 Å². The Balaban J connectivity index is 2.82. The molecule has 1 aliphatic carbocycles. The molecule has 0 aliphatic heterocycles. The standard InChI is InChI=1S/C13H24O4/c1-12(2,3)10-6-5-7-11(14)13(10,15)8-17-9-16-4/h10,15H,5-9H2,1-4H3/t10-,13-/m0/s1. The van der Waals surface area contributed by atoms with Crippen LogP contribution >= 0.6 is 0 Å². The zero-order valence-electron chi connectivity index (χ0n) is 11.3. The summed E-state index contributed by atoms with van der Waals surface area (Å²) < 4.78 is 10.0. The average molecular weight is 244 g/mol. The summed E-state index contributed by atoms with van der Waals surface area (Å²) in [6, 6.07) is 0. The zero-order chi connectivity index (χ0) is 13.1. The first kappa shape index (κ1) is 14.6. The van der Waals surface area contributed by atoms with Gasteiger partial charge in [-0.3, -0.25) is 4.79 Å². The molecule has 0 aromatic heterocycles. The summed E-state index contributed by atoms with van der Waals surface area (Å²) >= 11 is 0. The van der Waals surface area contributed by atoms with Crippen LogP contribution in [0.5, 0.6) is 0 Å². The van der Waals surface area contributed by atoms with E-state index in [4.69, 9.17) is 9.47 Å². The van der Waals surface area contributed by atoms with Crippen molar-refractivity contribution in [1.82, 2.24) is 0 Å². The van der Waals surface area contributed by atoms with E-state index in [9.17, 15) is 9.90 Å². The summed E-state index contributed by atoms with van der Waals surface area (Å²) in [6.45, 7) is 6.29. The molecule has 4 heteroatoms. The first-order chi connectivity index (χ1) is 7.82. The second-order valence-corrected chi connectivity index (χ2v) is 5.91. The van der Waals surface area contributed by atoms with E-state index in [2.05, 4.69) is 20.8 Å². The summed E-state index contributed by atoms with van der Waals surface area (Å²) in [5, 5.41) is 10.6. The van der Waals surface area contributed by atoms with Gasteiger partial charge in [0, 0.05) is 19.4 Å². The molecular weight excluding hydrogens is 220 g/mol. The molecule has 2 atom stereocenters. The maximum Gasteiger partial charge on any atom is 0.167 e. The van der Waals surface area contributed by atoms with Gasteiger partial charge in [0.2, 0.25) is 0 Å². The van der Waals surface area contributed by atoms with Gasteiger partial charge in [-0.15, -0.1) is 0 Å². The van der Waals surface area contributed by atoms with Gasteiger partial charge >= 0.3 is 0 Å². The highest BCUT2D eigenvalue weighted by Gasteiger charge is 2.50. The molecule has 0 aromatic carbocycles. The fourth-order valence-corrected chi connectivity index (χ4v) is 2.73. The molecule has 0 saturated heterocycles. The second-order valence-electron chi connectivity index (χ2n) is 5.91. The van der Waals surface area contributed by atoms with Crippen molar-refractivity contribution < 1.29 is 19.4 Å². The Hall–Kier alpha value is -0.450. The third kappa shape index (κ3) is 3.27. The van der Waals surface area contributed by atoms with E-state index in [1.54, 1.807) is 0 Å². The summed E-state index contributed by atoms with van der Waals surface area (Å²) in [4.78, 5) is 12.0. The van der Waals surface area contributed by atoms with E-state index >= 15 is 0 Å². The molecule has 1 saturated carbocycles. The molecule has 100 valence electrons. The van der Waals surface area contributed by atoms with E-state index in [0.717, 1.165) is 12.8 Å². The lowest BCUT2D eigenvalue weighted by atomic mass is 9.63. The van der Waals surface area contributed by atoms with Gasteiger partial charge in [-0.2, -0.15) is 0 Å². The molecule has 1 fully saturated rings. The Labute approximate surface area is 103 Å². The Morgan fingerprint density at radius 2 is 2.12 bits per heavy atom. The first-order valence-electron chi connectivity index (χ1n) is 6.14. The van der Waals surface area contributed by atoms with Crippen molar-refractivity contribution in [1.29, 1.82) is 0 Å². The van der Waals surface area contributed by atoms with Gasteiger partial charge in [0.25, 0.3) is 0 Å². The highest BCUT2D eigenvalue weighted by Crippen LogP contribution is 2.42. The number of ketones is 1. The lowest BCUT2D eigenvalue weighted by molar-refractivity contribution is -0.175. The summed E-state index contributed by atoms with van der Waals surface area (Å²) in [5.41, 5.74) is -1.46. The Morgan fingerprint density at radius 1 is 1.47 bits per heavy atom. The summed E-state index contributed by atoms with van der Waals surface area (Å²) in [7, 11) is 1.52. The Bertz CT molecular complexity index is 269. The lowest BCUT2D eigenvalue weighted by Gasteiger charge is -2.45. The molecule has 4 nitrogen and oxygen atoms in total. The summed E-state index contributed by atoms with van der Waals surface area (Å²) in [6.07, 6.45) is 2.16. The molecular formula is C13H24O4. The minimum atomic E-state index is -1.35. The van der Waals surface area contributed by atoms with E-state index < -0.39 is 5.60 Å². The quantitative estimate of drug-likeness (QED) is 0.604. The van der Waals surface area contributed by atoms with Crippen LogP contribution in [-0.2, 0) is 14.3 Å². The second kappa shape index (κ2) is 5.46. The zero-order valence-corrected chi connectivity index (χ0v) is 11.3. The van der Waals surface area contributed by atoms with Gasteiger partial charge in [0.05, 0.1) is 6.61 Å². The van der Waals surface area contributed by atoms with Crippen LogP contribution in [0.25, 0.3) is 0 Å². The van der Waals surface area contributed by atoms with Crippen LogP contribution in [-0.4, -0.2) is 37.0 Å². The third-order valence-corrected chi connectivity index (χ3v) is 3.52. The molecule has 0 spiro atoms. The highest BCUT2D eigenvalue weighted by atomic mass is 16.7. The largest absolute Gasteiger partial charge is 0.379 e. The molecule has 1 rings (SSSR count). The molecule has 0 radical (unpaired) electrons. The van der Waals surface area contributed by atoms with Crippen molar-refractivity contribution in [3.05, 3.63) is 0 Å².